The molecule has 0 radical (unpaired) electrons. The summed E-state index contributed by atoms with van der Waals surface area (Å²) in [5.41, 5.74) is 4.34. The molecule has 3 aromatic heterocycles. The molecular formula is C26H25N7OS. The molecule has 5 rings (SSSR count). The van der Waals surface area contributed by atoms with E-state index in [9.17, 15) is 10.1 Å². The summed E-state index contributed by atoms with van der Waals surface area (Å²) in [5, 5.41) is 22.3. The fourth-order valence-corrected chi connectivity index (χ4v) is 4.93. The summed E-state index contributed by atoms with van der Waals surface area (Å²) in [5.74, 6) is 1.29. The molecule has 0 aliphatic heterocycles. The van der Waals surface area contributed by atoms with Crippen molar-refractivity contribution in [2.45, 2.75) is 44.4 Å². The zero-order chi connectivity index (χ0) is 24.4. The van der Waals surface area contributed by atoms with Crippen molar-refractivity contribution in [1.29, 1.82) is 5.26 Å². The summed E-state index contributed by atoms with van der Waals surface area (Å²) >= 11 is 1.36. The number of amides is 1. The number of nitriles is 1. The minimum Gasteiger partial charge on any atom is -0.326 e. The normalized spacial score (nSPS) is 12.9. The van der Waals surface area contributed by atoms with Crippen molar-refractivity contribution in [3.05, 3.63) is 77.2 Å². The van der Waals surface area contributed by atoms with E-state index < -0.39 is 0 Å². The second-order valence-corrected chi connectivity index (χ2v) is 9.55. The van der Waals surface area contributed by atoms with Crippen LogP contribution in [-0.2, 0) is 11.3 Å². The van der Waals surface area contributed by atoms with Crippen LogP contribution in [0, 0.1) is 25.2 Å². The maximum Gasteiger partial charge on any atom is 0.235 e. The van der Waals surface area contributed by atoms with Gasteiger partial charge < -0.3 is 9.88 Å². The lowest BCUT2D eigenvalue weighted by molar-refractivity contribution is -0.113. The van der Waals surface area contributed by atoms with Crippen LogP contribution in [0.15, 0.2) is 60.0 Å². The number of carbonyl (C=O) groups excluding carboxylic acids is 1. The van der Waals surface area contributed by atoms with Crippen molar-refractivity contribution in [1.82, 2.24) is 24.3 Å². The average molecular weight is 484 g/mol. The van der Waals surface area contributed by atoms with Crippen molar-refractivity contribution in [3.8, 4) is 17.5 Å². The van der Waals surface area contributed by atoms with Gasteiger partial charge in [-0.25, -0.2) is 0 Å². The van der Waals surface area contributed by atoms with E-state index in [0.717, 1.165) is 41.1 Å². The zero-order valence-corrected chi connectivity index (χ0v) is 20.4. The van der Waals surface area contributed by atoms with E-state index in [0.29, 0.717) is 29.1 Å². The Morgan fingerprint density at radius 2 is 1.97 bits per heavy atom. The zero-order valence-electron chi connectivity index (χ0n) is 19.6. The predicted octanol–water partition coefficient (Wildman–Crippen LogP) is 4.74. The number of carbonyl (C=O) groups is 1. The molecule has 3 heterocycles. The lowest BCUT2D eigenvalue weighted by atomic mass is 10.2. The third-order valence-corrected chi connectivity index (χ3v) is 7.15. The van der Waals surface area contributed by atoms with Crippen LogP contribution < -0.4 is 5.32 Å². The third kappa shape index (κ3) is 4.70. The number of rotatable bonds is 8. The maximum atomic E-state index is 13.0. The van der Waals surface area contributed by atoms with Crippen LogP contribution in [0.2, 0.25) is 0 Å². The number of hydrogen-bond acceptors (Lipinski definition) is 6. The van der Waals surface area contributed by atoms with Gasteiger partial charge in [-0.15, -0.1) is 10.2 Å². The van der Waals surface area contributed by atoms with Gasteiger partial charge in [-0.1, -0.05) is 42.1 Å². The molecule has 0 bridgehead atoms. The average Bonchev–Trinajstić information content (AvgIpc) is 3.60. The Morgan fingerprint density at radius 1 is 1.17 bits per heavy atom. The molecule has 8 nitrogen and oxygen atoms in total. The summed E-state index contributed by atoms with van der Waals surface area (Å²) < 4.78 is 4.11. The van der Waals surface area contributed by atoms with Crippen molar-refractivity contribution < 1.29 is 4.79 Å². The van der Waals surface area contributed by atoms with Gasteiger partial charge in [0.2, 0.25) is 5.91 Å². The van der Waals surface area contributed by atoms with Gasteiger partial charge in [-0.3, -0.25) is 14.3 Å². The minimum absolute atomic E-state index is 0.164. The van der Waals surface area contributed by atoms with Gasteiger partial charge in [0.1, 0.15) is 11.9 Å². The highest BCUT2D eigenvalue weighted by Crippen LogP contribution is 2.41. The molecular weight excluding hydrogens is 458 g/mol. The molecule has 0 spiro atoms. The fourth-order valence-electron chi connectivity index (χ4n) is 4.12. The van der Waals surface area contributed by atoms with Crippen molar-refractivity contribution >= 4 is 23.5 Å². The number of anilines is 1. The predicted molar refractivity (Wildman–Crippen MR) is 135 cm³/mol. The standard InChI is InChI=1S/C26H25N7OS/c1-17-18(2)32(15-19-7-4-3-5-8-19)25(22(17)13-27)29-23(34)16-35-26-31-30-24(33(26)21-10-11-21)20-9-6-12-28-14-20/h3-9,12,14,21H,10-11,15-16H2,1-2H3,(H,29,34). The molecule has 0 unspecified atom stereocenters. The molecule has 1 saturated carbocycles. The molecule has 0 atom stereocenters. The van der Waals surface area contributed by atoms with Crippen molar-refractivity contribution in [3.63, 3.8) is 0 Å². The highest BCUT2D eigenvalue weighted by molar-refractivity contribution is 7.99. The third-order valence-electron chi connectivity index (χ3n) is 6.21. The van der Waals surface area contributed by atoms with Gasteiger partial charge in [-0.2, -0.15) is 5.26 Å². The smallest absolute Gasteiger partial charge is 0.235 e. The van der Waals surface area contributed by atoms with Crippen molar-refractivity contribution in [2.24, 2.45) is 0 Å². The van der Waals surface area contributed by atoms with E-state index in [2.05, 4.69) is 31.1 Å². The summed E-state index contributed by atoms with van der Waals surface area (Å²) in [6.45, 7) is 4.46. The van der Waals surface area contributed by atoms with Crippen LogP contribution in [-0.4, -0.2) is 36.0 Å². The molecule has 0 saturated heterocycles. The Bertz CT molecular complexity index is 1400. The van der Waals surface area contributed by atoms with Crippen LogP contribution in [0.3, 0.4) is 0 Å². The van der Waals surface area contributed by atoms with Gasteiger partial charge in [0.25, 0.3) is 0 Å². The molecule has 1 aliphatic carbocycles. The van der Waals surface area contributed by atoms with E-state index in [1.54, 1.807) is 12.4 Å². The van der Waals surface area contributed by atoms with E-state index in [1.807, 2.05) is 60.9 Å². The Labute approximate surface area is 208 Å². The van der Waals surface area contributed by atoms with Crippen LogP contribution in [0.25, 0.3) is 11.4 Å². The lowest BCUT2D eigenvalue weighted by Crippen LogP contribution is -2.19. The highest BCUT2D eigenvalue weighted by atomic mass is 32.2. The molecule has 1 amide bonds. The van der Waals surface area contributed by atoms with Gasteiger partial charge in [0.05, 0.1) is 11.3 Å². The summed E-state index contributed by atoms with van der Waals surface area (Å²) in [6, 6.07) is 16.5. The number of aromatic nitrogens is 5. The SMILES string of the molecule is Cc1c(C#N)c(NC(=O)CSc2nnc(-c3cccnc3)n2C2CC2)n(Cc2ccccc2)c1C. The Kier molecular flexibility index (Phi) is 6.38. The van der Waals surface area contributed by atoms with E-state index in [4.69, 9.17) is 0 Å². The summed E-state index contributed by atoms with van der Waals surface area (Å²) in [4.78, 5) is 17.2. The molecule has 1 aliphatic rings. The van der Waals surface area contributed by atoms with E-state index in [1.165, 1.54) is 11.8 Å². The topological polar surface area (TPSA) is 101 Å². The number of hydrogen-bond donors (Lipinski definition) is 1. The lowest BCUT2D eigenvalue weighted by Gasteiger charge is -2.13. The molecule has 1 aromatic carbocycles. The monoisotopic (exact) mass is 483 g/mol. The number of pyridine rings is 1. The summed E-state index contributed by atoms with van der Waals surface area (Å²) in [6.07, 6.45) is 5.65. The Balaban J connectivity index is 1.35. The maximum absolute atomic E-state index is 13.0. The van der Waals surface area contributed by atoms with Crippen LogP contribution >= 0.6 is 11.8 Å². The first-order chi connectivity index (χ1) is 17.1. The van der Waals surface area contributed by atoms with E-state index >= 15 is 0 Å². The van der Waals surface area contributed by atoms with E-state index in [-0.39, 0.29) is 11.7 Å². The fraction of sp³-hybridized carbons (Fsp3) is 0.269. The van der Waals surface area contributed by atoms with Gasteiger partial charge >= 0.3 is 0 Å². The summed E-state index contributed by atoms with van der Waals surface area (Å²) in [7, 11) is 0. The highest BCUT2D eigenvalue weighted by Gasteiger charge is 2.30. The quantitative estimate of drug-likeness (QED) is 0.363. The second-order valence-electron chi connectivity index (χ2n) is 8.60. The minimum atomic E-state index is -0.188. The van der Waals surface area contributed by atoms with Crippen molar-refractivity contribution in [2.75, 3.05) is 11.1 Å². The first kappa shape index (κ1) is 22.9. The Hall–Kier alpha value is -3.90. The first-order valence-corrected chi connectivity index (χ1v) is 12.5. The van der Waals surface area contributed by atoms with Crippen LogP contribution in [0.1, 0.15) is 41.3 Å². The molecule has 1 fully saturated rings. The van der Waals surface area contributed by atoms with Crippen LogP contribution in [0.5, 0.6) is 0 Å². The number of benzene rings is 1. The largest absolute Gasteiger partial charge is 0.326 e. The van der Waals surface area contributed by atoms with Gasteiger partial charge in [0.15, 0.2) is 11.0 Å². The molecule has 35 heavy (non-hydrogen) atoms. The van der Waals surface area contributed by atoms with Gasteiger partial charge in [-0.05, 0) is 49.9 Å². The molecule has 4 aromatic rings. The first-order valence-electron chi connectivity index (χ1n) is 11.5. The number of nitrogens with one attached hydrogen (secondary N) is 1. The van der Waals surface area contributed by atoms with Gasteiger partial charge in [0, 0.05) is 36.2 Å². The molecule has 9 heteroatoms. The van der Waals surface area contributed by atoms with Crippen LogP contribution in [0.4, 0.5) is 5.82 Å². The Morgan fingerprint density at radius 3 is 2.66 bits per heavy atom. The second kappa shape index (κ2) is 9.76. The number of thioether (sulfide) groups is 1. The molecule has 1 N–H and O–H groups in total. The number of nitrogens with zero attached hydrogens (tertiary/aromatic N) is 6. The molecule has 176 valence electrons.